The van der Waals surface area contributed by atoms with Crippen LogP contribution >= 0.6 is 0 Å². The minimum Gasteiger partial charge on any atom is -0.373 e. The first-order valence-corrected chi connectivity index (χ1v) is 8.60. The molecule has 0 N–H and O–H groups in total. The lowest BCUT2D eigenvalue weighted by molar-refractivity contribution is -0.124. The molecule has 3 aliphatic heterocycles. The summed E-state index contributed by atoms with van der Waals surface area (Å²) in [5.74, 6) is -0.952. The number of ether oxygens (including phenoxy) is 1. The van der Waals surface area contributed by atoms with Crippen LogP contribution in [0.2, 0.25) is 0 Å². The second kappa shape index (κ2) is 5.23. The molecule has 4 atom stereocenters. The van der Waals surface area contributed by atoms with Crippen LogP contribution in [0.3, 0.4) is 0 Å². The monoisotopic (exact) mass is 338 g/mol. The zero-order valence-corrected chi connectivity index (χ0v) is 13.8. The van der Waals surface area contributed by atoms with E-state index in [9.17, 15) is 9.59 Å². The minimum atomic E-state index is -0.352. The van der Waals surface area contributed by atoms with Crippen molar-refractivity contribution in [2.24, 2.45) is 11.8 Å². The second-order valence-corrected chi connectivity index (χ2v) is 7.08. The predicted octanol–water partition coefficient (Wildman–Crippen LogP) is 1.30. The maximum atomic E-state index is 12.7. The lowest BCUT2D eigenvalue weighted by Crippen LogP contribution is -2.35. The summed E-state index contributed by atoms with van der Waals surface area (Å²) in [6, 6.07) is 8.14. The van der Waals surface area contributed by atoms with Gasteiger partial charge in [-0.1, -0.05) is 29.8 Å². The average molecular weight is 338 g/mol. The van der Waals surface area contributed by atoms with Crippen molar-refractivity contribution in [1.82, 2.24) is 14.8 Å². The molecule has 3 fully saturated rings. The quantitative estimate of drug-likeness (QED) is 0.789. The van der Waals surface area contributed by atoms with E-state index in [-0.39, 0.29) is 41.8 Å². The van der Waals surface area contributed by atoms with E-state index >= 15 is 0 Å². The first kappa shape index (κ1) is 14.8. The van der Waals surface area contributed by atoms with Crippen LogP contribution < -0.4 is 4.90 Å². The Balaban J connectivity index is 1.39. The summed E-state index contributed by atoms with van der Waals surface area (Å²) in [6.45, 7) is 2.58. The molecule has 128 valence electrons. The van der Waals surface area contributed by atoms with Crippen molar-refractivity contribution in [3.63, 3.8) is 0 Å². The Morgan fingerprint density at radius 1 is 1.08 bits per heavy atom. The molecule has 2 amide bonds. The number of carbonyl (C=O) groups excluding carboxylic acids is 2. The summed E-state index contributed by atoms with van der Waals surface area (Å²) in [7, 11) is 0. The highest BCUT2D eigenvalue weighted by Gasteiger charge is 2.63. The molecule has 0 unspecified atom stereocenters. The van der Waals surface area contributed by atoms with Gasteiger partial charge < -0.3 is 4.74 Å². The van der Waals surface area contributed by atoms with Crippen LogP contribution in [0.4, 0.5) is 5.95 Å². The van der Waals surface area contributed by atoms with Gasteiger partial charge in [0, 0.05) is 0 Å². The van der Waals surface area contributed by atoms with E-state index < -0.39 is 0 Å². The molecule has 2 aromatic rings. The fraction of sp³-hybridized carbons (Fsp3) is 0.444. The first-order chi connectivity index (χ1) is 12.1. The molecular formula is C18H18N4O3. The highest BCUT2D eigenvalue weighted by atomic mass is 16.5. The average Bonchev–Trinajstić information content (AvgIpc) is 3.35. The Morgan fingerprint density at radius 3 is 2.36 bits per heavy atom. The Kier molecular flexibility index (Phi) is 3.09. The van der Waals surface area contributed by atoms with Crippen LogP contribution in [-0.2, 0) is 20.9 Å². The van der Waals surface area contributed by atoms with E-state index in [4.69, 9.17) is 4.74 Å². The number of hydrogen-bond acceptors (Lipinski definition) is 5. The maximum absolute atomic E-state index is 12.7. The van der Waals surface area contributed by atoms with Crippen LogP contribution in [0.5, 0.6) is 0 Å². The molecule has 1 aromatic heterocycles. The molecule has 0 saturated carbocycles. The van der Waals surface area contributed by atoms with E-state index in [0.717, 1.165) is 23.3 Å². The maximum Gasteiger partial charge on any atom is 0.258 e. The molecule has 3 aliphatic rings. The van der Waals surface area contributed by atoms with Crippen LogP contribution in [0.15, 0.2) is 30.6 Å². The van der Waals surface area contributed by atoms with Gasteiger partial charge in [0.2, 0.25) is 11.8 Å². The SMILES string of the molecule is Cc1ccc(Cn2cnc(N3C(=O)[C@@H]4[C@@H](C3=O)[C@H]3CC[C@@H]4O3)n2)cc1. The predicted molar refractivity (Wildman–Crippen MR) is 87.7 cm³/mol. The number of hydrogen-bond donors (Lipinski definition) is 0. The number of imide groups is 1. The van der Waals surface area contributed by atoms with E-state index in [2.05, 4.69) is 10.1 Å². The summed E-state index contributed by atoms with van der Waals surface area (Å²) in [6.07, 6.45) is 3.04. The smallest absolute Gasteiger partial charge is 0.258 e. The number of rotatable bonds is 3. The van der Waals surface area contributed by atoms with Crippen molar-refractivity contribution in [3.8, 4) is 0 Å². The van der Waals surface area contributed by atoms with Crippen LogP contribution in [0.25, 0.3) is 0 Å². The molecule has 2 bridgehead atoms. The number of carbonyl (C=O) groups is 2. The Bertz CT molecular complexity index is 831. The first-order valence-electron chi connectivity index (χ1n) is 8.60. The highest BCUT2D eigenvalue weighted by molar-refractivity contribution is 6.21. The summed E-state index contributed by atoms with van der Waals surface area (Å²) in [5, 5.41) is 4.36. The normalized spacial score (nSPS) is 30.4. The summed E-state index contributed by atoms with van der Waals surface area (Å²) < 4.78 is 7.40. The van der Waals surface area contributed by atoms with Crippen LogP contribution in [-0.4, -0.2) is 38.8 Å². The lowest BCUT2D eigenvalue weighted by atomic mass is 9.81. The third-order valence-electron chi connectivity index (χ3n) is 5.47. The van der Waals surface area contributed by atoms with Gasteiger partial charge in [0.1, 0.15) is 6.33 Å². The number of aromatic nitrogens is 3. The van der Waals surface area contributed by atoms with E-state index in [1.807, 2.05) is 31.2 Å². The van der Waals surface area contributed by atoms with Gasteiger partial charge in [-0.05, 0) is 25.3 Å². The molecule has 0 spiro atoms. The standard InChI is InChI=1S/C18H18N4O3/c1-10-2-4-11(5-3-10)8-21-9-19-18(20-21)22-16(23)14-12-6-7-13(25-12)15(14)17(22)24/h2-5,9,12-15H,6-8H2,1H3/t12-,13+,14-,15-/m0/s1. The van der Waals surface area contributed by atoms with E-state index in [0.29, 0.717) is 6.54 Å². The number of aryl methyl sites for hydroxylation is 1. The molecular weight excluding hydrogens is 320 g/mol. The second-order valence-electron chi connectivity index (χ2n) is 7.08. The summed E-state index contributed by atoms with van der Waals surface area (Å²) in [4.78, 5) is 30.8. The number of nitrogens with zero attached hydrogens (tertiary/aromatic N) is 4. The molecule has 3 saturated heterocycles. The van der Waals surface area contributed by atoms with Crippen molar-refractivity contribution >= 4 is 17.8 Å². The number of fused-ring (bicyclic) bond motifs is 5. The molecule has 0 radical (unpaired) electrons. The van der Waals surface area contributed by atoms with Gasteiger partial charge in [-0.2, -0.15) is 4.98 Å². The number of amides is 2. The molecule has 1 aromatic carbocycles. The molecule has 7 heteroatoms. The van der Waals surface area contributed by atoms with Gasteiger partial charge in [-0.25, -0.2) is 9.58 Å². The number of anilines is 1. The lowest BCUT2D eigenvalue weighted by Gasteiger charge is -2.14. The summed E-state index contributed by atoms with van der Waals surface area (Å²) >= 11 is 0. The highest BCUT2D eigenvalue weighted by Crippen LogP contribution is 2.48. The van der Waals surface area contributed by atoms with Crippen LogP contribution in [0.1, 0.15) is 24.0 Å². The van der Waals surface area contributed by atoms with Gasteiger partial charge in [0.25, 0.3) is 5.95 Å². The van der Waals surface area contributed by atoms with Gasteiger partial charge in [0.05, 0.1) is 30.6 Å². The third-order valence-corrected chi connectivity index (χ3v) is 5.47. The van der Waals surface area contributed by atoms with Crippen molar-refractivity contribution < 1.29 is 14.3 Å². The molecule has 7 nitrogen and oxygen atoms in total. The van der Waals surface area contributed by atoms with Crippen molar-refractivity contribution in [2.75, 3.05) is 4.90 Å². The van der Waals surface area contributed by atoms with E-state index in [1.54, 1.807) is 11.0 Å². The molecule has 4 heterocycles. The Labute approximate surface area is 144 Å². The fourth-order valence-electron chi connectivity index (χ4n) is 4.25. The van der Waals surface area contributed by atoms with Crippen LogP contribution in [0, 0.1) is 18.8 Å². The van der Waals surface area contributed by atoms with Gasteiger partial charge >= 0.3 is 0 Å². The molecule has 5 rings (SSSR count). The zero-order valence-electron chi connectivity index (χ0n) is 13.8. The zero-order chi connectivity index (χ0) is 17.1. The fourth-order valence-corrected chi connectivity index (χ4v) is 4.25. The largest absolute Gasteiger partial charge is 0.373 e. The Morgan fingerprint density at radius 2 is 1.72 bits per heavy atom. The van der Waals surface area contributed by atoms with Gasteiger partial charge in [-0.3, -0.25) is 9.59 Å². The van der Waals surface area contributed by atoms with Gasteiger partial charge in [0.15, 0.2) is 0 Å². The topological polar surface area (TPSA) is 77.3 Å². The molecule has 0 aliphatic carbocycles. The summed E-state index contributed by atoms with van der Waals surface area (Å²) in [5.41, 5.74) is 2.28. The third kappa shape index (κ3) is 2.15. The van der Waals surface area contributed by atoms with Gasteiger partial charge in [-0.15, -0.1) is 5.10 Å². The minimum absolute atomic E-state index is 0.119. The molecule has 25 heavy (non-hydrogen) atoms. The van der Waals surface area contributed by atoms with Crippen molar-refractivity contribution in [1.29, 1.82) is 0 Å². The van der Waals surface area contributed by atoms with Crippen molar-refractivity contribution in [2.45, 2.75) is 38.5 Å². The number of benzene rings is 1. The van der Waals surface area contributed by atoms with Crippen molar-refractivity contribution in [3.05, 3.63) is 41.7 Å². The van der Waals surface area contributed by atoms with E-state index in [1.165, 1.54) is 5.56 Å². The Hall–Kier alpha value is -2.54.